The molecule has 2 N–H and O–H groups in total. The minimum Gasteiger partial charge on any atom is -0.322 e. The van der Waals surface area contributed by atoms with Crippen LogP contribution in [0.15, 0.2) is 153 Å². The molecule has 2 amide bonds. The fraction of sp³-hybridized carbons (Fsp3) is 0.0476. The highest BCUT2D eigenvalue weighted by Gasteiger charge is 2.22. The first-order chi connectivity index (χ1) is 25.8. The van der Waals surface area contributed by atoms with Gasteiger partial charge in [0, 0.05) is 22.5 Å². The molecule has 0 saturated carbocycles. The van der Waals surface area contributed by atoms with Crippen molar-refractivity contribution in [2.75, 3.05) is 10.6 Å². The van der Waals surface area contributed by atoms with E-state index >= 15 is 0 Å². The number of aryl methyl sites for hydroxylation is 2. The van der Waals surface area contributed by atoms with Crippen LogP contribution >= 0.6 is 0 Å². The largest absolute Gasteiger partial charge is 0.322 e. The van der Waals surface area contributed by atoms with Gasteiger partial charge in [-0.1, -0.05) is 54.6 Å². The van der Waals surface area contributed by atoms with Crippen LogP contribution in [0.2, 0.25) is 0 Å². The molecule has 54 heavy (non-hydrogen) atoms. The van der Waals surface area contributed by atoms with Gasteiger partial charge in [0.2, 0.25) is 19.7 Å². The maximum Gasteiger partial charge on any atom is 0.256 e. The second kappa shape index (κ2) is 15.2. The molecule has 0 bridgehead atoms. The molecule has 10 nitrogen and oxygen atoms in total. The second-order valence-electron chi connectivity index (χ2n) is 12.4. The van der Waals surface area contributed by atoms with Gasteiger partial charge in [-0.15, -0.1) is 0 Å². The smallest absolute Gasteiger partial charge is 0.256 e. The fourth-order valence-electron chi connectivity index (χ4n) is 5.80. The Kier molecular flexibility index (Phi) is 10.5. The topological polar surface area (TPSA) is 161 Å². The van der Waals surface area contributed by atoms with Gasteiger partial charge in [-0.3, -0.25) is 19.2 Å². The molecule has 0 saturated heterocycles. The zero-order chi connectivity index (χ0) is 38.6. The van der Waals surface area contributed by atoms with Crippen molar-refractivity contribution in [2.45, 2.75) is 33.4 Å². The van der Waals surface area contributed by atoms with Gasteiger partial charge in [-0.2, -0.15) is 0 Å². The van der Waals surface area contributed by atoms with Crippen molar-refractivity contribution in [3.8, 4) is 11.1 Å². The van der Waals surface area contributed by atoms with Crippen LogP contribution in [0.4, 0.5) is 11.4 Å². The minimum atomic E-state index is -3.88. The molecule has 0 unspecified atom stereocenters. The van der Waals surface area contributed by atoms with Gasteiger partial charge in [0.15, 0.2) is 12.6 Å². The molecule has 0 heterocycles. The summed E-state index contributed by atoms with van der Waals surface area (Å²) in [6.45, 7) is 3.57. The summed E-state index contributed by atoms with van der Waals surface area (Å²) in [5.74, 6) is -1.33. The first-order valence-corrected chi connectivity index (χ1v) is 19.4. The van der Waals surface area contributed by atoms with Crippen molar-refractivity contribution < 1.29 is 36.0 Å². The number of amides is 2. The Morgan fingerprint density at radius 3 is 1.37 bits per heavy atom. The average molecular weight is 757 g/mol. The predicted octanol–water partition coefficient (Wildman–Crippen LogP) is 7.77. The number of hydrogen-bond acceptors (Lipinski definition) is 8. The Morgan fingerprint density at radius 2 is 0.889 bits per heavy atom. The third kappa shape index (κ3) is 7.80. The van der Waals surface area contributed by atoms with E-state index in [4.69, 9.17) is 0 Å². The quantitative estimate of drug-likeness (QED) is 0.127. The molecule has 0 aliphatic heterocycles. The Balaban J connectivity index is 1.23. The van der Waals surface area contributed by atoms with E-state index in [-0.39, 0.29) is 53.2 Å². The molecule has 0 aliphatic rings. The highest BCUT2D eigenvalue weighted by atomic mass is 32.2. The highest BCUT2D eigenvalue weighted by molar-refractivity contribution is 7.91. The van der Waals surface area contributed by atoms with E-state index < -0.39 is 31.5 Å². The fourth-order valence-corrected chi connectivity index (χ4v) is 8.62. The minimum absolute atomic E-state index is 0.00980. The first-order valence-electron chi connectivity index (χ1n) is 16.5. The zero-order valence-electron chi connectivity index (χ0n) is 28.9. The molecular weight excluding hydrogens is 725 g/mol. The third-order valence-electron chi connectivity index (χ3n) is 8.59. The molecule has 0 radical (unpaired) electrons. The number of benzene rings is 6. The van der Waals surface area contributed by atoms with Crippen LogP contribution in [-0.2, 0) is 19.7 Å². The van der Waals surface area contributed by atoms with Crippen molar-refractivity contribution in [2.24, 2.45) is 0 Å². The van der Waals surface area contributed by atoms with Gasteiger partial charge in [0.1, 0.15) is 0 Å². The lowest BCUT2D eigenvalue weighted by Gasteiger charge is -2.13. The summed E-state index contributed by atoms with van der Waals surface area (Å²) >= 11 is 0. The second-order valence-corrected chi connectivity index (χ2v) is 16.3. The summed E-state index contributed by atoms with van der Waals surface area (Å²) in [6.07, 6.45) is 1.02. The van der Waals surface area contributed by atoms with Crippen LogP contribution in [0.25, 0.3) is 11.1 Å². The predicted molar refractivity (Wildman–Crippen MR) is 205 cm³/mol. The molecule has 0 aliphatic carbocycles. The van der Waals surface area contributed by atoms with Crippen molar-refractivity contribution in [3.63, 3.8) is 0 Å². The van der Waals surface area contributed by atoms with Gasteiger partial charge in [-0.25, -0.2) is 16.8 Å². The molecule has 270 valence electrons. The van der Waals surface area contributed by atoms with Crippen LogP contribution in [0, 0.1) is 13.8 Å². The van der Waals surface area contributed by atoms with E-state index in [0.717, 1.165) is 11.1 Å². The number of carbonyl (C=O) groups excluding carboxylic acids is 4. The maximum atomic E-state index is 13.5. The van der Waals surface area contributed by atoms with E-state index in [1.54, 1.807) is 62.4 Å². The number of rotatable bonds is 11. The number of sulfone groups is 2. The zero-order valence-corrected chi connectivity index (χ0v) is 30.6. The number of aldehydes is 2. The van der Waals surface area contributed by atoms with E-state index in [9.17, 15) is 36.0 Å². The SMILES string of the molecule is Cc1cccc(S(=O)(=O)c2cccc(NC(=O)c3ccc(-c4ccc(C=O)c(C(=O)Nc5cccc(S(=O)(=O)c6cccc(C)c6)c5)c4)cc3C=O)c2)c1. The molecule has 6 aromatic rings. The molecule has 0 fully saturated rings. The van der Waals surface area contributed by atoms with E-state index in [0.29, 0.717) is 23.7 Å². The van der Waals surface area contributed by atoms with E-state index in [2.05, 4.69) is 10.6 Å². The average Bonchev–Trinajstić information content (AvgIpc) is 3.17. The normalized spacial score (nSPS) is 11.4. The molecular formula is C42H32N2O8S2. The molecule has 12 heteroatoms. The highest BCUT2D eigenvalue weighted by Crippen LogP contribution is 2.29. The van der Waals surface area contributed by atoms with Crippen LogP contribution in [0.1, 0.15) is 52.6 Å². The Morgan fingerprint density at radius 1 is 0.463 bits per heavy atom. The molecule has 0 spiro atoms. The molecule has 0 aromatic heterocycles. The van der Waals surface area contributed by atoms with Crippen molar-refractivity contribution in [1.82, 2.24) is 0 Å². The lowest BCUT2D eigenvalue weighted by molar-refractivity contribution is 0.101. The Bertz CT molecular complexity index is 2710. The van der Waals surface area contributed by atoms with E-state index in [1.165, 1.54) is 84.9 Å². The van der Waals surface area contributed by atoms with Crippen LogP contribution in [0.5, 0.6) is 0 Å². The van der Waals surface area contributed by atoms with Gasteiger partial charge in [0.05, 0.1) is 30.7 Å². The summed E-state index contributed by atoms with van der Waals surface area (Å²) in [5, 5.41) is 5.34. The number of nitrogens with one attached hydrogen (secondary N) is 2. The molecule has 6 rings (SSSR count). The maximum absolute atomic E-state index is 13.5. The standard InChI is InChI=1S/C42H32N2O8S2/c1-27-7-3-11-35(19-27)53(49,50)37-13-5-9-33(23-37)43-41(47)39-18-17-29(21-32(39)26-46)30-15-16-31(25-45)40(22-30)42(48)44-34-10-6-14-38(24-34)54(51,52)36-12-4-8-28(2)20-36/h3-26H,1-2H3,(H,43,47)(H,44,48). The van der Waals surface area contributed by atoms with Gasteiger partial charge in [0.25, 0.3) is 11.8 Å². The Labute approximate surface area is 312 Å². The first kappa shape index (κ1) is 37.3. The van der Waals surface area contributed by atoms with Crippen LogP contribution in [0.3, 0.4) is 0 Å². The number of anilines is 2. The summed E-state index contributed by atoms with van der Waals surface area (Å²) in [6, 6.07) is 33.5. The number of carbonyl (C=O) groups is 4. The van der Waals surface area contributed by atoms with Crippen molar-refractivity contribution in [1.29, 1.82) is 0 Å². The number of hydrogen-bond donors (Lipinski definition) is 2. The van der Waals surface area contributed by atoms with Crippen molar-refractivity contribution >= 4 is 55.4 Å². The lowest BCUT2D eigenvalue weighted by atomic mass is 9.96. The monoisotopic (exact) mass is 756 g/mol. The summed E-state index contributed by atoms with van der Waals surface area (Å²) in [4.78, 5) is 51.2. The lowest BCUT2D eigenvalue weighted by Crippen LogP contribution is -2.15. The summed E-state index contributed by atoms with van der Waals surface area (Å²) in [5.41, 5.74) is 2.94. The van der Waals surface area contributed by atoms with Gasteiger partial charge in [-0.05, 0) is 115 Å². The van der Waals surface area contributed by atoms with Gasteiger partial charge >= 0.3 is 0 Å². The third-order valence-corrected chi connectivity index (χ3v) is 12.1. The van der Waals surface area contributed by atoms with E-state index in [1.807, 2.05) is 0 Å². The van der Waals surface area contributed by atoms with Gasteiger partial charge < -0.3 is 10.6 Å². The molecule has 6 aromatic carbocycles. The van der Waals surface area contributed by atoms with Crippen molar-refractivity contribution in [3.05, 3.63) is 167 Å². The summed E-state index contributed by atoms with van der Waals surface area (Å²) in [7, 11) is -7.75. The van der Waals surface area contributed by atoms with Crippen LogP contribution < -0.4 is 10.6 Å². The molecule has 0 atom stereocenters. The summed E-state index contributed by atoms with van der Waals surface area (Å²) < 4.78 is 53.1. The Hall–Kier alpha value is -6.50. The van der Waals surface area contributed by atoms with Crippen LogP contribution in [-0.4, -0.2) is 41.2 Å².